The van der Waals surface area contributed by atoms with Crippen LogP contribution < -0.4 is 10.2 Å². The lowest BCUT2D eigenvalue weighted by Gasteiger charge is -2.43. The number of phenols is 1. The molecule has 4 atom stereocenters. The van der Waals surface area contributed by atoms with Gasteiger partial charge in [0.2, 0.25) is 0 Å². The van der Waals surface area contributed by atoms with Gasteiger partial charge in [-0.2, -0.15) is 0 Å². The number of aromatic nitrogens is 4. The highest BCUT2D eigenvalue weighted by atomic mass is 19.1. The van der Waals surface area contributed by atoms with Crippen molar-refractivity contribution in [3.8, 4) is 22.7 Å². The van der Waals surface area contributed by atoms with Gasteiger partial charge in [0.05, 0.1) is 36.1 Å². The standard InChI is InChI=1S/C22H25FN6O/c1-22-6-5-16(27-22)21(23)18(10-22)28(2)20-12-25-17(11-26-20)15-4-3-14(9-19(15)30)29-8-7-24-13-29/h3-4,7-9,11-13,16,18,21,27,30H,5-6,10H2,1-2H3/t16-,18+,21-,22+/m1/s1. The first kappa shape index (κ1) is 19.0. The Morgan fingerprint density at radius 1 is 1.30 bits per heavy atom. The van der Waals surface area contributed by atoms with Crippen molar-refractivity contribution < 1.29 is 9.50 Å². The number of piperidine rings is 1. The van der Waals surface area contributed by atoms with E-state index in [1.165, 1.54) is 0 Å². The summed E-state index contributed by atoms with van der Waals surface area (Å²) in [5, 5.41) is 13.9. The number of anilines is 1. The molecule has 0 radical (unpaired) electrons. The lowest BCUT2D eigenvalue weighted by molar-refractivity contribution is 0.144. The van der Waals surface area contributed by atoms with Crippen LogP contribution in [0.15, 0.2) is 49.3 Å². The zero-order valence-corrected chi connectivity index (χ0v) is 17.0. The van der Waals surface area contributed by atoms with E-state index in [9.17, 15) is 5.11 Å². The van der Waals surface area contributed by atoms with Crippen LogP contribution in [0.3, 0.4) is 0 Å². The molecule has 2 aromatic heterocycles. The van der Waals surface area contributed by atoms with E-state index in [4.69, 9.17) is 0 Å². The molecule has 2 aliphatic heterocycles. The molecule has 0 aliphatic carbocycles. The number of imidazole rings is 1. The fourth-order valence-corrected chi connectivity index (χ4v) is 4.78. The zero-order chi connectivity index (χ0) is 20.9. The summed E-state index contributed by atoms with van der Waals surface area (Å²) >= 11 is 0. The third kappa shape index (κ3) is 3.21. The van der Waals surface area contributed by atoms with Gasteiger partial charge < -0.3 is 19.9 Å². The number of halogens is 1. The number of rotatable bonds is 4. The average molecular weight is 408 g/mol. The van der Waals surface area contributed by atoms with Gasteiger partial charge in [-0.05, 0) is 38.3 Å². The van der Waals surface area contributed by atoms with Crippen LogP contribution in [-0.2, 0) is 0 Å². The molecule has 2 saturated heterocycles. The summed E-state index contributed by atoms with van der Waals surface area (Å²) < 4.78 is 16.8. The molecule has 4 heterocycles. The smallest absolute Gasteiger partial charge is 0.147 e. The van der Waals surface area contributed by atoms with Crippen LogP contribution in [-0.4, -0.2) is 55.5 Å². The summed E-state index contributed by atoms with van der Waals surface area (Å²) in [4.78, 5) is 14.9. The van der Waals surface area contributed by atoms with Crippen molar-refractivity contribution in [2.24, 2.45) is 0 Å². The molecule has 156 valence electrons. The molecule has 8 heteroatoms. The first-order valence-corrected chi connectivity index (χ1v) is 10.2. The van der Waals surface area contributed by atoms with Crippen molar-refractivity contribution in [1.82, 2.24) is 24.8 Å². The van der Waals surface area contributed by atoms with Crippen LogP contribution >= 0.6 is 0 Å². The SMILES string of the molecule is CN(c1cnc(-c2ccc(-n3ccnc3)cc2O)cn1)[C@H]1C[C@]2(C)CC[C@@H](N2)[C@H]1F. The first-order valence-electron chi connectivity index (χ1n) is 10.2. The van der Waals surface area contributed by atoms with Crippen LogP contribution in [0.4, 0.5) is 10.2 Å². The predicted molar refractivity (Wildman–Crippen MR) is 113 cm³/mol. The molecule has 2 aliphatic rings. The third-order valence-electron chi connectivity index (χ3n) is 6.51. The van der Waals surface area contributed by atoms with Gasteiger partial charge in [-0.3, -0.25) is 4.98 Å². The highest BCUT2D eigenvalue weighted by Crippen LogP contribution is 2.39. The Hall–Kier alpha value is -3.00. The van der Waals surface area contributed by atoms with E-state index in [2.05, 4.69) is 27.2 Å². The normalized spacial score (nSPS) is 27.9. The van der Waals surface area contributed by atoms with E-state index >= 15 is 4.39 Å². The van der Waals surface area contributed by atoms with Gasteiger partial charge in [-0.1, -0.05) is 0 Å². The number of nitrogens with one attached hydrogen (secondary N) is 1. The summed E-state index contributed by atoms with van der Waals surface area (Å²) in [5.74, 6) is 0.745. The van der Waals surface area contributed by atoms with Crippen LogP contribution in [0.2, 0.25) is 0 Å². The average Bonchev–Trinajstić information content (AvgIpc) is 3.39. The predicted octanol–water partition coefficient (Wildman–Crippen LogP) is 3.09. The number of benzene rings is 1. The lowest BCUT2D eigenvalue weighted by atomic mass is 9.87. The number of aromatic hydroxyl groups is 1. The Morgan fingerprint density at radius 2 is 2.17 bits per heavy atom. The number of fused-ring (bicyclic) bond motifs is 2. The maximum absolute atomic E-state index is 15.0. The second-order valence-electron chi connectivity index (χ2n) is 8.61. The number of hydrogen-bond acceptors (Lipinski definition) is 6. The van der Waals surface area contributed by atoms with Crippen molar-refractivity contribution in [3.63, 3.8) is 0 Å². The Morgan fingerprint density at radius 3 is 2.87 bits per heavy atom. The summed E-state index contributed by atoms with van der Waals surface area (Å²) in [6, 6.07) is 5.04. The zero-order valence-electron chi connectivity index (χ0n) is 17.0. The van der Waals surface area contributed by atoms with Crippen molar-refractivity contribution in [3.05, 3.63) is 49.3 Å². The Balaban J connectivity index is 1.37. The topological polar surface area (TPSA) is 79.1 Å². The van der Waals surface area contributed by atoms with E-state index in [0.717, 1.165) is 24.9 Å². The van der Waals surface area contributed by atoms with Gasteiger partial charge in [-0.15, -0.1) is 0 Å². The second-order valence-corrected chi connectivity index (χ2v) is 8.61. The monoisotopic (exact) mass is 408 g/mol. The van der Waals surface area contributed by atoms with Gasteiger partial charge in [0, 0.05) is 42.7 Å². The molecule has 1 aromatic carbocycles. The fourth-order valence-electron chi connectivity index (χ4n) is 4.78. The number of nitrogens with zero attached hydrogens (tertiary/aromatic N) is 5. The second kappa shape index (κ2) is 7.05. The van der Waals surface area contributed by atoms with E-state index in [1.807, 2.05) is 28.8 Å². The molecule has 3 aromatic rings. The summed E-state index contributed by atoms with van der Waals surface area (Å²) in [5.41, 5.74) is 1.95. The number of alkyl halides is 1. The van der Waals surface area contributed by atoms with Gasteiger partial charge in [-0.25, -0.2) is 14.4 Å². The summed E-state index contributed by atoms with van der Waals surface area (Å²) in [6.07, 6.45) is 10.1. The van der Waals surface area contributed by atoms with Gasteiger partial charge in [0.15, 0.2) is 0 Å². The van der Waals surface area contributed by atoms with E-state index in [-0.39, 0.29) is 23.4 Å². The molecule has 5 rings (SSSR count). The quantitative estimate of drug-likeness (QED) is 0.691. The molecular weight excluding hydrogens is 383 g/mol. The van der Waals surface area contributed by atoms with Crippen molar-refractivity contribution in [1.29, 1.82) is 0 Å². The Bertz CT molecular complexity index is 1040. The lowest BCUT2D eigenvalue weighted by Crippen LogP contribution is -2.60. The molecule has 2 bridgehead atoms. The number of phenolic OH excluding ortho intramolecular Hbond substituents is 1. The number of hydrogen-bond donors (Lipinski definition) is 2. The van der Waals surface area contributed by atoms with E-state index in [0.29, 0.717) is 17.1 Å². The molecular formula is C22H25FN6O. The summed E-state index contributed by atoms with van der Waals surface area (Å²) in [7, 11) is 1.88. The van der Waals surface area contributed by atoms with Crippen molar-refractivity contribution in [2.75, 3.05) is 11.9 Å². The molecule has 0 amide bonds. The highest BCUT2D eigenvalue weighted by molar-refractivity contribution is 5.68. The van der Waals surface area contributed by atoms with Crippen molar-refractivity contribution in [2.45, 2.75) is 50.0 Å². The molecule has 0 saturated carbocycles. The van der Waals surface area contributed by atoms with E-state index < -0.39 is 6.17 Å². The maximum atomic E-state index is 15.0. The van der Waals surface area contributed by atoms with Gasteiger partial charge in [0.1, 0.15) is 17.7 Å². The molecule has 2 N–H and O–H groups in total. The largest absolute Gasteiger partial charge is 0.507 e. The van der Waals surface area contributed by atoms with Crippen molar-refractivity contribution >= 4 is 5.82 Å². The van der Waals surface area contributed by atoms with Gasteiger partial charge in [0.25, 0.3) is 0 Å². The fraction of sp³-hybridized carbons (Fsp3) is 0.409. The van der Waals surface area contributed by atoms with Crippen LogP contribution in [0.5, 0.6) is 5.75 Å². The maximum Gasteiger partial charge on any atom is 0.147 e. The summed E-state index contributed by atoms with van der Waals surface area (Å²) in [6.45, 7) is 2.17. The highest BCUT2D eigenvalue weighted by Gasteiger charge is 2.49. The minimum absolute atomic E-state index is 0.0116. The van der Waals surface area contributed by atoms with Gasteiger partial charge >= 0.3 is 0 Å². The molecule has 30 heavy (non-hydrogen) atoms. The molecule has 0 unspecified atom stereocenters. The Kier molecular flexibility index (Phi) is 4.47. The van der Waals surface area contributed by atoms with Crippen LogP contribution in [0.1, 0.15) is 26.2 Å². The van der Waals surface area contributed by atoms with E-state index in [1.54, 1.807) is 37.1 Å². The van der Waals surface area contributed by atoms with Crippen LogP contribution in [0.25, 0.3) is 16.9 Å². The van der Waals surface area contributed by atoms with Crippen LogP contribution in [0, 0.1) is 0 Å². The minimum atomic E-state index is -0.938. The first-order chi connectivity index (χ1) is 14.4. The minimum Gasteiger partial charge on any atom is -0.507 e. The third-order valence-corrected chi connectivity index (χ3v) is 6.51. The molecule has 2 fully saturated rings. The molecule has 7 nitrogen and oxygen atoms in total. The molecule has 0 spiro atoms. The Labute approximate surface area is 174 Å².